The van der Waals surface area contributed by atoms with Gasteiger partial charge in [-0.05, 0) is 31.6 Å². The number of rotatable bonds is 4. The van der Waals surface area contributed by atoms with Crippen molar-refractivity contribution >= 4 is 0 Å². The van der Waals surface area contributed by atoms with E-state index in [0.29, 0.717) is 0 Å². The Morgan fingerprint density at radius 2 is 1.50 bits per heavy atom. The van der Waals surface area contributed by atoms with E-state index in [-0.39, 0.29) is 6.10 Å². The zero-order chi connectivity index (χ0) is 8.15. The number of hydrogen-bond acceptors (Lipinski definition) is 1. The van der Waals surface area contributed by atoms with Gasteiger partial charge in [-0.15, -0.1) is 0 Å². The second-order valence-corrected chi connectivity index (χ2v) is 3.65. The van der Waals surface area contributed by atoms with Gasteiger partial charge in [-0.1, -0.05) is 20.8 Å². The lowest BCUT2D eigenvalue weighted by molar-refractivity contribution is 0.169. The number of aliphatic hydroxyl groups excluding tert-OH is 1. The van der Waals surface area contributed by atoms with Gasteiger partial charge in [-0.2, -0.15) is 0 Å². The molecule has 1 N–H and O–H groups in total. The van der Waals surface area contributed by atoms with E-state index in [1.54, 1.807) is 0 Å². The second-order valence-electron chi connectivity index (χ2n) is 3.65. The minimum atomic E-state index is -0.124. The van der Waals surface area contributed by atoms with Crippen LogP contribution in [-0.4, -0.2) is 11.2 Å². The number of aliphatic hydroxyl groups is 1. The first-order valence-electron chi connectivity index (χ1n) is 4.22. The molecule has 0 radical (unpaired) electrons. The van der Waals surface area contributed by atoms with Crippen LogP contribution in [0, 0.1) is 11.8 Å². The van der Waals surface area contributed by atoms with Gasteiger partial charge in [0.2, 0.25) is 0 Å². The highest BCUT2D eigenvalue weighted by atomic mass is 16.3. The summed E-state index contributed by atoms with van der Waals surface area (Å²) >= 11 is 0. The fraction of sp³-hybridized carbons (Fsp3) is 1.00. The molecule has 0 fully saturated rings. The maximum Gasteiger partial charge on any atom is 0.0512 e. The summed E-state index contributed by atoms with van der Waals surface area (Å²) in [6.07, 6.45) is 1.97. The predicted molar refractivity (Wildman–Crippen MR) is 44.9 cm³/mol. The van der Waals surface area contributed by atoms with E-state index in [1.165, 1.54) is 0 Å². The predicted octanol–water partition coefficient (Wildman–Crippen LogP) is 2.44. The van der Waals surface area contributed by atoms with Crippen LogP contribution in [-0.2, 0) is 0 Å². The molecular weight excluding hydrogens is 124 g/mol. The van der Waals surface area contributed by atoms with Gasteiger partial charge < -0.3 is 5.11 Å². The average molecular weight is 144 g/mol. The van der Waals surface area contributed by atoms with E-state index in [9.17, 15) is 0 Å². The largest absolute Gasteiger partial charge is 0.393 e. The summed E-state index contributed by atoms with van der Waals surface area (Å²) in [6.45, 7) is 8.56. The molecule has 2 atom stereocenters. The molecule has 10 heavy (non-hydrogen) atoms. The monoisotopic (exact) mass is 144 g/mol. The van der Waals surface area contributed by atoms with Crippen molar-refractivity contribution < 1.29 is 5.11 Å². The zero-order valence-electron chi connectivity index (χ0n) is 7.59. The Morgan fingerprint density at radius 3 is 1.80 bits per heavy atom. The van der Waals surface area contributed by atoms with Crippen molar-refractivity contribution in [2.24, 2.45) is 11.8 Å². The van der Waals surface area contributed by atoms with E-state index < -0.39 is 0 Å². The standard InChI is InChI=1S/C9H20O/c1-7(2)8(3)5-6-9(4)10/h7-10H,5-6H2,1-4H3. The van der Waals surface area contributed by atoms with Crippen LogP contribution in [0.15, 0.2) is 0 Å². The van der Waals surface area contributed by atoms with Gasteiger partial charge in [-0.3, -0.25) is 0 Å². The third kappa shape index (κ3) is 4.80. The van der Waals surface area contributed by atoms with E-state index in [2.05, 4.69) is 20.8 Å². The van der Waals surface area contributed by atoms with E-state index in [4.69, 9.17) is 5.11 Å². The van der Waals surface area contributed by atoms with Crippen LogP contribution < -0.4 is 0 Å². The molecule has 0 aliphatic carbocycles. The van der Waals surface area contributed by atoms with Gasteiger partial charge in [0.05, 0.1) is 6.10 Å². The van der Waals surface area contributed by atoms with Gasteiger partial charge in [0, 0.05) is 0 Å². The highest BCUT2D eigenvalue weighted by molar-refractivity contribution is 4.58. The highest BCUT2D eigenvalue weighted by Crippen LogP contribution is 2.16. The Hall–Kier alpha value is -0.0400. The molecule has 0 rings (SSSR count). The lowest BCUT2D eigenvalue weighted by Gasteiger charge is -2.15. The summed E-state index contributed by atoms with van der Waals surface area (Å²) in [4.78, 5) is 0. The lowest BCUT2D eigenvalue weighted by Crippen LogP contribution is -2.08. The van der Waals surface area contributed by atoms with Crippen LogP contribution in [0.5, 0.6) is 0 Å². The molecule has 0 aliphatic rings. The Labute approximate surface area is 64.5 Å². The summed E-state index contributed by atoms with van der Waals surface area (Å²) in [5.74, 6) is 1.49. The van der Waals surface area contributed by atoms with Crippen LogP contribution >= 0.6 is 0 Å². The highest BCUT2D eigenvalue weighted by Gasteiger charge is 2.07. The third-order valence-electron chi connectivity index (χ3n) is 2.18. The molecule has 0 spiro atoms. The SMILES string of the molecule is CC(O)CCC(C)C(C)C. The lowest BCUT2D eigenvalue weighted by atomic mass is 9.92. The van der Waals surface area contributed by atoms with Gasteiger partial charge in [0.1, 0.15) is 0 Å². The molecule has 1 heteroatoms. The summed E-state index contributed by atoms with van der Waals surface area (Å²) in [5.41, 5.74) is 0. The molecule has 1 nitrogen and oxygen atoms in total. The van der Waals surface area contributed by atoms with Crippen molar-refractivity contribution in [3.05, 3.63) is 0 Å². The molecule has 0 amide bonds. The molecule has 0 aliphatic heterocycles. The van der Waals surface area contributed by atoms with Crippen molar-refractivity contribution in [3.63, 3.8) is 0 Å². The van der Waals surface area contributed by atoms with Crippen molar-refractivity contribution in [1.29, 1.82) is 0 Å². The van der Waals surface area contributed by atoms with Crippen molar-refractivity contribution in [2.75, 3.05) is 0 Å². The molecule has 0 saturated carbocycles. The molecule has 0 aromatic carbocycles. The van der Waals surface area contributed by atoms with Gasteiger partial charge in [0.25, 0.3) is 0 Å². The Kier molecular flexibility index (Phi) is 4.71. The maximum atomic E-state index is 8.98. The van der Waals surface area contributed by atoms with E-state index >= 15 is 0 Å². The molecule has 0 saturated heterocycles. The molecule has 2 unspecified atom stereocenters. The number of hydrogen-bond donors (Lipinski definition) is 1. The molecule has 0 heterocycles. The van der Waals surface area contributed by atoms with Crippen molar-refractivity contribution in [2.45, 2.75) is 46.6 Å². The van der Waals surface area contributed by atoms with Crippen LogP contribution in [0.25, 0.3) is 0 Å². The van der Waals surface area contributed by atoms with Crippen molar-refractivity contribution in [3.8, 4) is 0 Å². The van der Waals surface area contributed by atoms with Crippen LogP contribution in [0.2, 0.25) is 0 Å². The Balaban J connectivity index is 3.30. The topological polar surface area (TPSA) is 20.2 Å². The first-order valence-corrected chi connectivity index (χ1v) is 4.22. The molecule has 0 aromatic heterocycles. The molecule has 62 valence electrons. The molecule has 0 bridgehead atoms. The van der Waals surface area contributed by atoms with Gasteiger partial charge in [0.15, 0.2) is 0 Å². The first-order chi connectivity index (χ1) is 4.54. The Morgan fingerprint density at radius 1 is 1.00 bits per heavy atom. The second kappa shape index (κ2) is 4.73. The zero-order valence-corrected chi connectivity index (χ0v) is 7.59. The fourth-order valence-electron chi connectivity index (χ4n) is 0.837. The fourth-order valence-corrected chi connectivity index (χ4v) is 0.837. The van der Waals surface area contributed by atoms with Crippen LogP contribution in [0.1, 0.15) is 40.5 Å². The smallest absolute Gasteiger partial charge is 0.0512 e. The normalized spacial score (nSPS) is 17.4. The first kappa shape index (κ1) is 9.96. The summed E-state index contributed by atoms with van der Waals surface area (Å²) < 4.78 is 0. The summed E-state index contributed by atoms with van der Waals surface area (Å²) in [6, 6.07) is 0. The Bertz CT molecular complexity index is 76.8. The van der Waals surface area contributed by atoms with Crippen molar-refractivity contribution in [1.82, 2.24) is 0 Å². The van der Waals surface area contributed by atoms with Crippen LogP contribution in [0.3, 0.4) is 0 Å². The minimum absolute atomic E-state index is 0.124. The van der Waals surface area contributed by atoms with Crippen LogP contribution in [0.4, 0.5) is 0 Å². The summed E-state index contributed by atoms with van der Waals surface area (Å²) in [7, 11) is 0. The molecular formula is C9H20O. The minimum Gasteiger partial charge on any atom is -0.393 e. The van der Waals surface area contributed by atoms with Gasteiger partial charge >= 0.3 is 0 Å². The average Bonchev–Trinajstić information content (AvgIpc) is 1.82. The molecule has 0 aromatic rings. The van der Waals surface area contributed by atoms with E-state index in [0.717, 1.165) is 24.7 Å². The van der Waals surface area contributed by atoms with E-state index in [1.807, 2.05) is 6.92 Å². The summed E-state index contributed by atoms with van der Waals surface area (Å²) in [5, 5.41) is 8.98. The van der Waals surface area contributed by atoms with Gasteiger partial charge in [-0.25, -0.2) is 0 Å². The third-order valence-corrected chi connectivity index (χ3v) is 2.18. The maximum absolute atomic E-state index is 8.98. The quantitative estimate of drug-likeness (QED) is 0.642.